The first-order valence-corrected chi connectivity index (χ1v) is 11.2. The molecule has 0 aliphatic carbocycles. The van der Waals surface area contributed by atoms with E-state index in [1.54, 1.807) is 10.7 Å². The number of pyridine rings is 1. The Bertz CT molecular complexity index is 1410. The highest BCUT2D eigenvalue weighted by molar-refractivity contribution is 9.10. The second kappa shape index (κ2) is 8.09. The normalized spacial score (nSPS) is 19.6. The number of fused-ring (bicyclic) bond motifs is 2. The van der Waals surface area contributed by atoms with Crippen LogP contribution in [0.4, 0.5) is 10.6 Å². The Morgan fingerprint density at radius 2 is 2.03 bits per heavy atom. The monoisotopic (exact) mass is 508 g/mol. The number of aryl methyl sites for hydroxylation is 1. The predicted molar refractivity (Wildman–Crippen MR) is 127 cm³/mol. The van der Waals surface area contributed by atoms with Gasteiger partial charge in [0.2, 0.25) is 0 Å². The average molecular weight is 509 g/mol. The largest absolute Gasteiger partial charge is 0.383 e. The SMILES string of the molecule is Cc1nc2c(-c3cnc4ccccc4c3)cnn2c(N)c1Br.O=C1NC(=O)C2(CCNC2)N1. The molecule has 6 rings (SSSR count). The summed E-state index contributed by atoms with van der Waals surface area (Å²) in [6.07, 6.45) is 4.30. The van der Waals surface area contributed by atoms with Crippen LogP contribution in [0.3, 0.4) is 0 Å². The summed E-state index contributed by atoms with van der Waals surface area (Å²) in [6, 6.07) is 9.73. The third kappa shape index (κ3) is 3.68. The summed E-state index contributed by atoms with van der Waals surface area (Å²) < 4.78 is 2.41. The Hall–Kier alpha value is -3.57. The van der Waals surface area contributed by atoms with Crippen LogP contribution in [0.15, 0.2) is 47.2 Å². The van der Waals surface area contributed by atoms with Crippen LogP contribution in [0.2, 0.25) is 0 Å². The number of imide groups is 1. The molecule has 4 aromatic rings. The Morgan fingerprint density at radius 1 is 1.21 bits per heavy atom. The Morgan fingerprint density at radius 3 is 2.76 bits per heavy atom. The summed E-state index contributed by atoms with van der Waals surface area (Å²) in [7, 11) is 0. The maximum Gasteiger partial charge on any atom is 0.322 e. The van der Waals surface area contributed by atoms with Crippen molar-refractivity contribution in [1.29, 1.82) is 0 Å². The van der Waals surface area contributed by atoms with E-state index in [2.05, 4.69) is 53.0 Å². The summed E-state index contributed by atoms with van der Waals surface area (Å²) in [5.74, 6) is 0.343. The number of para-hydroxylation sites is 1. The third-order valence-corrected chi connectivity index (χ3v) is 6.84. The van der Waals surface area contributed by atoms with Crippen molar-refractivity contribution in [1.82, 2.24) is 35.5 Å². The van der Waals surface area contributed by atoms with E-state index in [1.807, 2.05) is 37.4 Å². The number of aromatic nitrogens is 4. The number of nitrogen functional groups attached to an aromatic ring is 1. The predicted octanol–water partition coefficient (Wildman–Crippen LogP) is 2.16. The van der Waals surface area contributed by atoms with Crippen molar-refractivity contribution in [3.63, 3.8) is 0 Å². The van der Waals surface area contributed by atoms with Crippen LogP contribution in [-0.4, -0.2) is 50.1 Å². The molecule has 11 heteroatoms. The number of nitrogens with zero attached hydrogens (tertiary/aromatic N) is 4. The molecule has 1 unspecified atom stereocenters. The van der Waals surface area contributed by atoms with Crippen molar-refractivity contribution >= 4 is 50.2 Å². The second-order valence-corrected chi connectivity index (χ2v) is 8.82. The number of rotatable bonds is 1. The highest BCUT2D eigenvalue weighted by atomic mass is 79.9. The zero-order valence-corrected chi connectivity index (χ0v) is 19.3. The molecule has 1 aromatic carbocycles. The summed E-state index contributed by atoms with van der Waals surface area (Å²) in [5, 5.41) is 13.3. The van der Waals surface area contributed by atoms with Crippen molar-refractivity contribution in [3.05, 3.63) is 52.9 Å². The summed E-state index contributed by atoms with van der Waals surface area (Å²) >= 11 is 3.44. The molecule has 0 bridgehead atoms. The minimum Gasteiger partial charge on any atom is -0.383 e. The van der Waals surface area contributed by atoms with Gasteiger partial charge in [-0.15, -0.1) is 0 Å². The molecule has 10 nitrogen and oxygen atoms in total. The summed E-state index contributed by atoms with van der Waals surface area (Å²) in [5.41, 5.74) is 9.88. The highest BCUT2D eigenvalue weighted by Gasteiger charge is 2.47. The lowest BCUT2D eigenvalue weighted by atomic mass is 10.00. The van der Waals surface area contributed by atoms with Crippen LogP contribution in [0.1, 0.15) is 12.1 Å². The molecule has 0 saturated carbocycles. The van der Waals surface area contributed by atoms with Crippen LogP contribution in [0, 0.1) is 6.92 Å². The zero-order valence-electron chi connectivity index (χ0n) is 17.7. The molecule has 33 heavy (non-hydrogen) atoms. The van der Waals surface area contributed by atoms with Gasteiger partial charge >= 0.3 is 6.03 Å². The maximum absolute atomic E-state index is 11.2. The van der Waals surface area contributed by atoms with Gasteiger partial charge in [-0.05, 0) is 48.0 Å². The minimum atomic E-state index is -0.642. The number of nitrogens with two attached hydrogens (primary N) is 1. The van der Waals surface area contributed by atoms with Gasteiger partial charge in [-0.25, -0.2) is 9.78 Å². The van der Waals surface area contributed by atoms with Crippen LogP contribution in [-0.2, 0) is 4.79 Å². The van der Waals surface area contributed by atoms with Gasteiger partial charge in [0.15, 0.2) is 5.65 Å². The number of halogens is 1. The topological polar surface area (TPSA) is 139 Å². The molecule has 168 valence electrons. The highest BCUT2D eigenvalue weighted by Crippen LogP contribution is 2.30. The van der Waals surface area contributed by atoms with Gasteiger partial charge in [-0.1, -0.05) is 18.2 Å². The van der Waals surface area contributed by atoms with E-state index in [0.29, 0.717) is 18.8 Å². The van der Waals surface area contributed by atoms with E-state index in [0.717, 1.165) is 44.4 Å². The summed E-state index contributed by atoms with van der Waals surface area (Å²) in [6.45, 7) is 3.24. The summed E-state index contributed by atoms with van der Waals surface area (Å²) in [4.78, 5) is 31.0. The number of carbonyl (C=O) groups is 2. The smallest absolute Gasteiger partial charge is 0.322 e. The second-order valence-electron chi connectivity index (χ2n) is 8.02. The van der Waals surface area contributed by atoms with Crippen molar-refractivity contribution in [2.24, 2.45) is 0 Å². The molecule has 3 amide bonds. The zero-order chi connectivity index (χ0) is 23.2. The van der Waals surface area contributed by atoms with Gasteiger partial charge in [0, 0.05) is 29.3 Å². The van der Waals surface area contributed by atoms with Gasteiger partial charge in [0.25, 0.3) is 5.91 Å². The molecule has 3 aromatic heterocycles. The molecular weight excluding hydrogens is 488 g/mol. The van der Waals surface area contributed by atoms with E-state index in [1.165, 1.54) is 0 Å². The number of benzene rings is 1. The van der Waals surface area contributed by atoms with E-state index in [-0.39, 0.29) is 11.9 Å². The maximum atomic E-state index is 11.2. The molecule has 0 radical (unpaired) electrons. The van der Waals surface area contributed by atoms with E-state index < -0.39 is 5.54 Å². The lowest BCUT2D eigenvalue weighted by molar-refractivity contribution is -0.123. The van der Waals surface area contributed by atoms with Crippen LogP contribution in [0.25, 0.3) is 27.7 Å². The van der Waals surface area contributed by atoms with Crippen LogP contribution in [0.5, 0.6) is 0 Å². The number of urea groups is 1. The molecule has 1 atom stereocenters. The number of hydrogen-bond donors (Lipinski definition) is 4. The van der Waals surface area contributed by atoms with Crippen molar-refractivity contribution < 1.29 is 9.59 Å². The fourth-order valence-electron chi connectivity index (χ4n) is 4.05. The van der Waals surface area contributed by atoms with E-state index >= 15 is 0 Å². The number of hydrogen-bond acceptors (Lipinski definition) is 7. The number of nitrogens with one attached hydrogen (secondary N) is 3. The minimum absolute atomic E-state index is 0.201. The van der Waals surface area contributed by atoms with Gasteiger partial charge in [0.05, 0.1) is 21.9 Å². The van der Waals surface area contributed by atoms with Crippen molar-refractivity contribution in [2.75, 3.05) is 18.8 Å². The first-order chi connectivity index (χ1) is 15.9. The third-order valence-electron chi connectivity index (χ3n) is 5.86. The van der Waals surface area contributed by atoms with E-state index in [9.17, 15) is 9.59 Å². The van der Waals surface area contributed by atoms with Gasteiger partial charge in [0.1, 0.15) is 11.4 Å². The lowest BCUT2D eigenvalue weighted by Gasteiger charge is -2.16. The van der Waals surface area contributed by atoms with Gasteiger partial charge in [-0.2, -0.15) is 9.61 Å². The Labute approximate surface area is 197 Å². The van der Waals surface area contributed by atoms with E-state index in [4.69, 9.17) is 5.73 Å². The molecule has 2 aliphatic heterocycles. The van der Waals surface area contributed by atoms with Gasteiger partial charge in [-0.3, -0.25) is 15.1 Å². The quantitative estimate of drug-likeness (QED) is 0.289. The first-order valence-electron chi connectivity index (χ1n) is 10.4. The molecular formula is C22H21BrN8O2. The Balaban J connectivity index is 0.000000174. The van der Waals surface area contributed by atoms with Crippen LogP contribution < -0.4 is 21.7 Å². The number of carbonyl (C=O) groups excluding carboxylic acids is 2. The van der Waals surface area contributed by atoms with Gasteiger partial charge < -0.3 is 16.4 Å². The average Bonchev–Trinajstić information content (AvgIpc) is 3.52. The fourth-order valence-corrected chi connectivity index (χ4v) is 4.31. The van der Waals surface area contributed by atoms with Crippen molar-refractivity contribution in [3.8, 4) is 11.1 Å². The molecule has 1 spiro atoms. The molecule has 2 saturated heterocycles. The number of amides is 3. The molecule has 2 fully saturated rings. The fraction of sp³-hybridized carbons (Fsp3) is 0.227. The molecule has 5 heterocycles. The molecule has 5 N–H and O–H groups in total. The lowest BCUT2D eigenvalue weighted by Crippen LogP contribution is -2.48. The number of anilines is 1. The first kappa shape index (κ1) is 21.3. The molecule has 2 aliphatic rings. The van der Waals surface area contributed by atoms with Crippen LogP contribution >= 0.6 is 15.9 Å². The Kier molecular flexibility index (Phi) is 5.22. The standard InChI is InChI=1S/C16H12BrN5.C6H9N3O2/c1-9-14(17)15(18)22-16(21-9)12(8-20-22)11-6-10-4-2-3-5-13(10)19-7-11;10-4-6(1-2-7-3-6)9-5(11)8-4/h2-8H,18H2,1H3;7H,1-3H2,(H2,8,9,10,11). The van der Waals surface area contributed by atoms with Crippen molar-refractivity contribution in [2.45, 2.75) is 18.9 Å².